The van der Waals surface area contributed by atoms with Gasteiger partial charge in [0.25, 0.3) is 5.91 Å². The number of fused-ring (bicyclic) bond motifs is 1. The van der Waals surface area contributed by atoms with Crippen molar-refractivity contribution in [3.8, 4) is 0 Å². The largest absolute Gasteiger partial charge is 0.314 e. The lowest BCUT2D eigenvalue weighted by Gasteiger charge is -2.44. The van der Waals surface area contributed by atoms with Crippen molar-refractivity contribution in [2.75, 3.05) is 39.4 Å². The van der Waals surface area contributed by atoms with E-state index in [4.69, 9.17) is 11.6 Å². The highest BCUT2D eigenvalue weighted by Gasteiger charge is 2.43. The molecule has 6 atom stereocenters. The van der Waals surface area contributed by atoms with Gasteiger partial charge < -0.3 is 5.32 Å². The molecule has 0 spiro atoms. The number of carbonyl (C=O) groups excluding carboxylic acids is 1. The molecule has 4 rings (SSSR count). The summed E-state index contributed by atoms with van der Waals surface area (Å²) in [5.74, 6) is 0.644. The third-order valence-electron chi connectivity index (χ3n) is 6.61. The van der Waals surface area contributed by atoms with Gasteiger partial charge in [-0.25, -0.2) is 5.43 Å². The Morgan fingerprint density at radius 3 is 2.96 bits per heavy atom. The monoisotopic (exact) mass is 370 g/mol. The smallest absolute Gasteiger partial charge is 0.253 e. The highest BCUT2D eigenvalue weighted by Crippen LogP contribution is 2.27. The van der Waals surface area contributed by atoms with Crippen LogP contribution in [0.15, 0.2) is 0 Å². The first-order valence-corrected chi connectivity index (χ1v) is 10.2. The zero-order valence-electron chi connectivity index (χ0n) is 15.0. The summed E-state index contributed by atoms with van der Waals surface area (Å²) in [5.41, 5.74) is 5.60. The second-order valence-electron chi connectivity index (χ2n) is 8.08. The molecule has 8 heteroatoms. The molecule has 0 aromatic carbocycles. The average Bonchev–Trinajstić information content (AvgIpc) is 3.01. The van der Waals surface area contributed by atoms with Crippen molar-refractivity contribution >= 4 is 17.5 Å². The summed E-state index contributed by atoms with van der Waals surface area (Å²) in [4.78, 5) is 16.9. The molecule has 4 fully saturated rings. The van der Waals surface area contributed by atoms with E-state index >= 15 is 0 Å². The maximum atomic E-state index is 11.8. The summed E-state index contributed by atoms with van der Waals surface area (Å²) in [6, 6.07) is 1.80. The van der Waals surface area contributed by atoms with E-state index in [1.165, 1.54) is 25.9 Å². The standard InChI is InChI=1S/C17H31ClN6O/c1-11-12(3-2-5-19-11)8-24-10-20-13-9-23(6-4-14(13)24)15-7-21-22-17(25)16(15)18/h11-16,19-21H,2-10H2,1H3,(H,22,25). The molecule has 6 unspecified atom stereocenters. The van der Waals surface area contributed by atoms with Gasteiger partial charge in [0.2, 0.25) is 0 Å². The van der Waals surface area contributed by atoms with Crippen LogP contribution in [-0.4, -0.2) is 84.6 Å². The summed E-state index contributed by atoms with van der Waals surface area (Å²) >= 11 is 6.35. The first-order valence-electron chi connectivity index (χ1n) is 9.75. The number of carbonyl (C=O) groups is 1. The highest BCUT2D eigenvalue weighted by atomic mass is 35.5. The summed E-state index contributed by atoms with van der Waals surface area (Å²) in [6.45, 7) is 8.37. The molecule has 4 saturated heterocycles. The topological polar surface area (TPSA) is 71.7 Å². The lowest BCUT2D eigenvalue weighted by atomic mass is 9.90. The lowest BCUT2D eigenvalue weighted by molar-refractivity contribution is -0.125. The summed E-state index contributed by atoms with van der Waals surface area (Å²) in [6.07, 6.45) is 3.78. The molecule has 7 nitrogen and oxygen atoms in total. The minimum atomic E-state index is -0.468. The fourth-order valence-corrected chi connectivity index (χ4v) is 5.32. The van der Waals surface area contributed by atoms with Gasteiger partial charge in [-0.1, -0.05) is 0 Å². The summed E-state index contributed by atoms with van der Waals surface area (Å²) in [5, 5.41) is 6.86. The van der Waals surface area contributed by atoms with Crippen molar-refractivity contribution in [3.63, 3.8) is 0 Å². The van der Waals surface area contributed by atoms with Crippen LogP contribution >= 0.6 is 11.6 Å². The minimum absolute atomic E-state index is 0.0785. The normalized spacial score (nSPS) is 43.7. The third-order valence-corrected chi connectivity index (χ3v) is 7.10. The van der Waals surface area contributed by atoms with Gasteiger partial charge in [-0.05, 0) is 38.6 Å². The quantitative estimate of drug-likeness (QED) is 0.492. The van der Waals surface area contributed by atoms with Gasteiger partial charge in [0, 0.05) is 57.0 Å². The number of hydrogen-bond acceptors (Lipinski definition) is 6. The van der Waals surface area contributed by atoms with Crippen molar-refractivity contribution in [2.24, 2.45) is 5.92 Å². The maximum absolute atomic E-state index is 11.8. The molecule has 0 aromatic heterocycles. The van der Waals surface area contributed by atoms with Crippen LogP contribution < -0.4 is 21.5 Å². The highest BCUT2D eigenvalue weighted by molar-refractivity contribution is 6.31. The fraction of sp³-hybridized carbons (Fsp3) is 0.941. The molecule has 4 aliphatic rings. The Bertz CT molecular complexity index is 494. The summed E-state index contributed by atoms with van der Waals surface area (Å²) < 4.78 is 0. The Morgan fingerprint density at radius 2 is 2.12 bits per heavy atom. The van der Waals surface area contributed by atoms with Crippen LogP contribution in [0.3, 0.4) is 0 Å². The number of piperidine rings is 2. The Morgan fingerprint density at radius 1 is 1.24 bits per heavy atom. The van der Waals surface area contributed by atoms with Gasteiger partial charge in [-0.3, -0.25) is 25.3 Å². The van der Waals surface area contributed by atoms with Gasteiger partial charge in [-0.2, -0.15) is 0 Å². The lowest BCUT2D eigenvalue weighted by Crippen LogP contribution is -2.65. The van der Waals surface area contributed by atoms with Gasteiger partial charge >= 0.3 is 0 Å². The zero-order chi connectivity index (χ0) is 17.4. The van der Waals surface area contributed by atoms with E-state index < -0.39 is 5.38 Å². The van der Waals surface area contributed by atoms with Gasteiger partial charge in [0.1, 0.15) is 5.38 Å². The molecule has 0 radical (unpaired) electrons. The Kier molecular flexibility index (Phi) is 5.50. The predicted octanol–water partition coefficient (Wildman–Crippen LogP) is -0.709. The van der Waals surface area contributed by atoms with E-state index in [0.717, 1.165) is 32.1 Å². The molecule has 25 heavy (non-hydrogen) atoms. The number of hydrogen-bond donors (Lipinski definition) is 4. The van der Waals surface area contributed by atoms with Crippen LogP contribution in [0.5, 0.6) is 0 Å². The van der Waals surface area contributed by atoms with E-state index in [-0.39, 0.29) is 11.9 Å². The Hall–Kier alpha value is -0.440. The molecule has 0 aliphatic carbocycles. The van der Waals surface area contributed by atoms with E-state index in [1.807, 2.05) is 0 Å². The Labute approximate surface area is 155 Å². The molecule has 142 valence electrons. The van der Waals surface area contributed by atoms with Crippen LogP contribution in [0.25, 0.3) is 0 Å². The molecule has 4 N–H and O–H groups in total. The van der Waals surface area contributed by atoms with Crippen LogP contribution in [0.2, 0.25) is 0 Å². The number of halogens is 1. The maximum Gasteiger partial charge on any atom is 0.253 e. The van der Waals surface area contributed by atoms with Crippen molar-refractivity contribution in [2.45, 2.75) is 55.7 Å². The van der Waals surface area contributed by atoms with Crippen LogP contribution in [0.4, 0.5) is 0 Å². The van der Waals surface area contributed by atoms with Crippen LogP contribution in [-0.2, 0) is 4.79 Å². The van der Waals surface area contributed by atoms with E-state index in [9.17, 15) is 4.79 Å². The minimum Gasteiger partial charge on any atom is -0.314 e. The number of nitrogens with one attached hydrogen (secondary N) is 4. The van der Waals surface area contributed by atoms with E-state index in [0.29, 0.717) is 24.7 Å². The van der Waals surface area contributed by atoms with Gasteiger partial charge in [0.05, 0.1) is 0 Å². The first-order chi connectivity index (χ1) is 12.1. The van der Waals surface area contributed by atoms with E-state index in [2.05, 4.69) is 38.2 Å². The number of alkyl halides is 1. The third kappa shape index (κ3) is 3.68. The SMILES string of the molecule is CC1NCCCC1CN1CNC2CN(C3CNNC(=O)C3Cl)CCC21. The van der Waals surface area contributed by atoms with Crippen molar-refractivity contribution < 1.29 is 4.79 Å². The molecule has 0 bridgehead atoms. The second-order valence-corrected chi connectivity index (χ2v) is 8.55. The number of rotatable bonds is 3. The molecule has 4 heterocycles. The van der Waals surface area contributed by atoms with Crippen LogP contribution in [0.1, 0.15) is 26.2 Å². The molecule has 1 amide bonds. The van der Waals surface area contributed by atoms with Gasteiger partial charge in [0.15, 0.2) is 0 Å². The number of amides is 1. The second kappa shape index (κ2) is 7.66. The molecular weight excluding hydrogens is 340 g/mol. The molecule has 4 aliphatic heterocycles. The fourth-order valence-electron chi connectivity index (χ4n) is 5.02. The molecule has 0 aromatic rings. The predicted molar refractivity (Wildman–Crippen MR) is 98.2 cm³/mol. The first kappa shape index (κ1) is 17.9. The van der Waals surface area contributed by atoms with Crippen molar-refractivity contribution in [1.29, 1.82) is 0 Å². The Balaban J connectivity index is 1.34. The average molecular weight is 371 g/mol. The summed E-state index contributed by atoms with van der Waals surface area (Å²) in [7, 11) is 0. The zero-order valence-corrected chi connectivity index (χ0v) is 15.8. The van der Waals surface area contributed by atoms with Crippen molar-refractivity contribution in [1.82, 2.24) is 31.3 Å². The van der Waals surface area contributed by atoms with Crippen LogP contribution in [0, 0.1) is 5.92 Å². The van der Waals surface area contributed by atoms with Gasteiger partial charge in [-0.15, -0.1) is 11.6 Å². The number of hydrazine groups is 1. The number of likely N-dealkylation sites (tertiary alicyclic amines) is 1. The number of nitrogens with zero attached hydrogens (tertiary/aromatic N) is 2. The molecular formula is C17H31ClN6O. The molecule has 0 saturated carbocycles. The van der Waals surface area contributed by atoms with E-state index in [1.54, 1.807) is 0 Å². The van der Waals surface area contributed by atoms with Crippen molar-refractivity contribution in [3.05, 3.63) is 0 Å².